The highest BCUT2D eigenvalue weighted by atomic mass is 16.2. The van der Waals surface area contributed by atoms with Gasteiger partial charge in [-0.05, 0) is 48.5 Å². The van der Waals surface area contributed by atoms with Gasteiger partial charge in [-0.2, -0.15) is 0 Å². The lowest BCUT2D eigenvalue weighted by Gasteiger charge is -2.46. The number of hydrogen-bond acceptors (Lipinski definition) is 5. The summed E-state index contributed by atoms with van der Waals surface area (Å²) in [5, 5.41) is 8.17. The molecule has 168 valence electrons. The molecule has 8 heteroatoms. The van der Waals surface area contributed by atoms with Crippen LogP contribution in [0.3, 0.4) is 0 Å². The van der Waals surface area contributed by atoms with Gasteiger partial charge in [0.2, 0.25) is 11.8 Å². The number of aromatic nitrogens is 1. The van der Waals surface area contributed by atoms with Gasteiger partial charge in [-0.3, -0.25) is 19.5 Å². The number of fused-ring (bicyclic) bond motifs is 2. The molecule has 2 unspecified atom stereocenters. The van der Waals surface area contributed by atoms with Crippen LogP contribution in [0, 0.1) is 0 Å². The second kappa shape index (κ2) is 8.99. The zero-order chi connectivity index (χ0) is 22.8. The topological polar surface area (TPSA) is 94.6 Å². The number of anilines is 1. The molecular formula is C25H25N5O3. The Kier molecular flexibility index (Phi) is 5.75. The van der Waals surface area contributed by atoms with Crippen LogP contribution in [0.2, 0.25) is 0 Å². The lowest BCUT2D eigenvalue weighted by molar-refractivity contribution is -0.138. The molecule has 1 aromatic heterocycles. The summed E-state index contributed by atoms with van der Waals surface area (Å²) in [6.45, 7) is 0.734. The first-order valence-electron chi connectivity index (χ1n) is 11.1. The van der Waals surface area contributed by atoms with Gasteiger partial charge in [-0.1, -0.05) is 36.4 Å². The number of rotatable bonds is 5. The van der Waals surface area contributed by atoms with Crippen molar-refractivity contribution in [2.24, 2.45) is 0 Å². The van der Waals surface area contributed by atoms with E-state index in [1.807, 2.05) is 42.5 Å². The predicted molar refractivity (Wildman–Crippen MR) is 124 cm³/mol. The Morgan fingerprint density at radius 2 is 1.85 bits per heavy atom. The predicted octanol–water partition coefficient (Wildman–Crippen LogP) is 2.76. The Morgan fingerprint density at radius 3 is 2.70 bits per heavy atom. The van der Waals surface area contributed by atoms with Crippen molar-refractivity contribution in [3.8, 4) is 0 Å². The Labute approximate surface area is 191 Å². The quantitative estimate of drug-likeness (QED) is 0.632. The largest absolute Gasteiger partial charge is 0.327 e. The molecule has 0 radical (unpaired) electrons. The van der Waals surface area contributed by atoms with Crippen LogP contribution in [0.1, 0.15) is 18.4 Å². The zero-order valence-corrected chi connectivity index (χ0v) is 18.1. The number of imide groups is 1. The van der Waals surface area contributed by atoms with Crippen molar-refractivity contribution in [2.45, 2.75) is 31.5 Å². The number of nitrogens with zero attached hydrogens (tertiary/aromatic N) is 3. The minimum absolute atomic E-state index is 0.120. The van der Waals surface area contributed by atoms with Crippen LogP contribution < -0.4 is 10.6 Å². The summed E-state index contributed by atoms with van der Waals surface area (Å²) in [7, 11) is 0. The lowest BCUT2D eigenvalue weighted by atomic mass is 9.93. The molecule has 2 aliphatic heterocycles. The molecule has 3 heterocycles. The van der Waals surface area contributed by atoms with Gasteiger partial charge in [0.05, 0.1) is 12.6 Å². The van der Waals surface area contributed by atoms with Crippen molar-refractivity contribution in [3.05, 3.63) is 72.6 Å². The van der Waals surface area contributed by atoms with Crippen LogP contribution in [0.4, 0.5) is 10.5 Å². The van der Waals surface area contributed by atoms with Crippen LogP contribution >= 0.6 is 0 Å². The minimum Gasteiger partial charge on any atom is -0.324 e. The third kappa shape index (κ3) is 4.17. The summed E-state index contributed by atoms with van der Waals surface area (Å²) in [4.78, 5) is 46.4. The van der Waals surface area contributed by atoms with E-state index in [9.17, 15) is 14.4 Å². The summed E-state index contributed by atoms with van der Waals surface area (Å²) < 4.78 is 0. The number of amides is 4. The number of carbonyl (C=O) groups is 3. The monoisotopic (exact) mass is 443 g/mol. The molecule has 3 aromatic rings. The third-order valence-corrected chi connectivity index (χ3v) is 6.30. The molecule has 0 spiro atoms. The Morgan fingerprint density at radius 1 is 1.06 bits per heavy atom. The van der Waals surface area contributed by atoms with E-state index in [2.05, 4.69) is 15.6 Å². The fourth-order valence-corrected chi connectivity index (χ4v) is 4.70. The molecular weight excluding hydrogens is 418 g/mol. The molecule has 4 amide bonds. The van der Waals surface area contributed by atoms with Gasteiger partial charge in [-0.25, -0.2) is 4.79 Å². The standard InChI is InChI=1S/C25H25N5O3/c31-22(28-20-8-3-6-18-5-1-2-7-19(18)20)16-29-21-9-4-12-27-23(21)24(32)30(25(29)33)15-17-10-13-26-14-11-17/h1-3,5-8,10-11,13-14,21,23,27H,4,9,12,15-16H2,(H,28,31). The fraction of sp³-hybridized carbons (Fsp3) is 0.280. The maximum atomic E-state index is 13.4. The van der Waals surface area contributed by atoms with E-state index in [-0.39, 0.29) is 30.9 Å². The normalized spacial score (nSPS) is 20.6. The van der Waals surface area contributed by atoms with Gasteiger partial charge in [-0.15, -0.1) is 0 Å². The Hall–Kier alpha value is -3.78. The summed E-state index contributed by atoms with van der Waals surface area (Å²) in [5.41, 5.74) is 1.51. The third-order valence-electron chi connectivity index (χ3n) is 6.30. The summed E-state index contributed by atoms with van der Waals surface area (Å²) in [6, 6.07) is 15.8. The van der Waals surface area contributed by atoms with E-state index in [0.717, 1.165) is 22.8 Å². The van der Waals surface area contributed by atoms with Crippen molar-refractivity contribution in [3.63, 3.8) is 0 Å². The molecule has 2 fully saturated rings. The Bertz CT molecular complexity index is 1190. The molecule has 2 aromatic carbocycles. The molecule has 5 rings (SSSR count). The molecule has 2 atom stereocenters. The van der Waals surface area contributed by atoms with Crippen molar-refractivity contribution < 1.29 is 14.4 Å². The molecule has 33 heavy (non-hydrogen) atoms. The van der Waals surface area contributed by atoms with Crippen LogP contribution in [-0.2, 0) is 16.1 Å². The smallest absolute Gasteiger partial charge is 0.324 e. The molecule has 8 nitrogen and oxygen atoms in total. The molecule has 0 bridgehead atoms. The number of benzene rings is 2. The second-order valence-electron chi connectivity index (χ2n) is 8.41. The highest BCUT2D eigenvalue weighted by Gasteiger charge is 2.47. The number of pyridine rings is 1. The average molecular weight is 444 g/mol. The van der Waals surface area contributed by atoms with Gasteiger partial charge in [0.1, 0.15) is 12.6 Å². The summed E-state index contributed by atoms with van der Waals surface area (Å²) in [5.74, 6) is -0.533. The van der Waals surface area contributed by atoms with Crippen molar-refractivity contribution >= 4 is 34.3 Å². The zero-order valence-electron chi connectivity index (χ0n) is 18.1. The van der Waals surface area contributed by atoms with Gasteiger partial charge in [0, 0.05) is 23.5 Å². The molecule has 0 saturated carbocycles. The molecule has 2 saturated heterocycles. The first-order chi connectivity index (χ1) is 16.1. The fourth-order valence-electron chi connectivity index (χ4n) is 4.70. The van der Waals surface area contributed by atoms with Crippen molar-refractivity contribution in [1.29, 1.82) is 0 Å². The van der Waals surface area contributed by atoms with E-state index in [4.69, 9.17) is 0 Å². The SMILES string of the molecule is O=C(CN1C(=O)N(Cc2ccncc2)C(=O)C2NCCCC21)Nc1cccc2ccccc12. The van der Waals surface area contributed by atoms with Crippen molar-refractivity contribution in [1.82, 2.24) is 20.1 Å². The van der Waals surface area contributed by atoms with E-state index in [1.54, 1.807) is 29.4 Å². The van der Waals surface area contributed by atoms with Crippen LogP contribution in [0.5, 0.6) is 0 Å². The number of piperidine rings is 1. The number of hydrogen-bond donors (Lipinski definition) is 2. The first-order valence-corrected chi connectivity index (χ1v) is 11.1. The second-order valence-corrected chi connectivity index (χ2v) is 8.41. The van der Waals surface area contributed by atoms with Crippen molar-refractivity contribution in [2.75, 3.05) is 18.4 Å². The maximum absolute atomic E-state index is 13.4. The van der Waals surface area contributed by atoms with Gasteiger partial charge in [0.25, 0.3) is 0 Å². The summed E-state index contributed by atoms with van der Waals surface area (Å²) >= 11 is 0. The van der Waals surface area contributed by atoms with E-state index >= 15 is 0 Å². The lowest BCUT2D eigenvalue weighted by Crippen LogP contribution is -2.70. The van der Waals surface area contributed by atoms with Crippen LogP contribution in [-0.4, -0.2) is 57.8 Å². The maximum Gasteiger partial charge on any atom is 0.327 e. The van der Waals surface area contributed by atoms with Crippen LogP contribution in [0.15, 0.2) is 67.0 Å². The highest BCUT2D eigenvalue weighted by molar-refractivity contribution is 6.05. The number of carbonyl (C=O) groups excluding carboxylic acids is 3. The highest BCUT2D eigenvalue weighted by Crippen LogP contribution is 2.27. The average Bonchev–Trinajstić information content (AvgIpc) is 2.85. The molecule has 0 aliphatic carbocycles. The summed E-state index contributed by atoms with van der Waals surface area (Å²) in [6.07, 6.45) is 4.78. The van der Waals surface area contributed by atoms with Gasteiger partial charge < -0.3 is 15.5 Å². The minimum atomic E-state index is -0.511. The number of urea groups is 1. The molecule has 2 aliphatic rings. The van der Waals surface area contributed by atoms with Crippen LogP contribution in [0.25, 0.3) is 10.8 Å². The van der Waals surface area contributed by atoms with E-state index in [0.29, 0.717) is 18.7 Å². The number of nitrogens with one attached hydrogen (secondary N) is 2. The van der Waals surface area contributed by atoms with E-state index < -0.39 is 12.1 Å². The van der Waals surface area contributed by atoms with Gasteiger partial charge in [0.15, 0.2) is 0 Å². The molecule has 2 N–H and O–H groups in total. The van der Waals surface area contributed by atoms with E-state index in [1.165, 1.54) is 4.90 Å². The van der Waals surface area contributed by atoms with Gasteiger partial charge >= 0.3 is 6.03 Å². The Balaban J connectivity index is 1.38. The first kappa shape index (κ1) is 21.1.